The third-order valence-corrected chi connectivity index (χ3v) is 5.75. The molecule has 9 heteroatoms. The molecule has 0 spiro atoms. The molecule has 0 aromatic heterocycles. The average Bonchev–Trinajstić information content (AvgIpc) is 3.03. The van der Waals surface area contributed by atoms with Crippen molar-refractivity contribution in [1.29, 1.82) is 0 Å². The van der Waals surface area contributed by atoms with Crippen molar-refractivity contribution in [3.8, 4) is 5.75 Å². The Balaban J connectivity index is 1.50. The molecule has 0 radical (unpaired) electrons. The Morgan fingerprint density at radius 1 is 1.06 bits per heavy atom. The van der Waals surface area contributed by atoms with Crippen molar-refractivity contribution in [3.05, 3.63) is 104 Å². The summed E-state index contributed by atoms with van der Waals surface area (Å²) in [5.74, 6) is -1.03. The quantitative estimate of drug-likeness (QED) is 0.310. The van der Waals surface area contributed by atoms with Crippen molar-refractivity contribution >= 4 is 45.5 Å². The molecule has 0 aliphatic carbocycles. The number of hydrogen-bond donors (Lipinski definition) is 1. The summed E-state index contributed by atoms with van der Waals surface area (Å²) in [5.41, 5.74) is 1.58. The van der Waals surface area contributed by atoms with E-state index in [0.29, 0.717) is 15.8 Å². The van der Waals surface area contributed by atoms with Gasteiger partial charge < -0.3 is 10.1 Å². The number of hydrogen-bond acceptors (Lipinski definition) is 3. The molecular formula is C24H16BrClF2N2O3. The molecule has 168 valence electrons. The summed E-state index contributed by atoms with van der Waals surface area (Å²) in [6.07, 6.45) is 1.47. The Kier molecular flexibility index (Phi) is 6.76. The van der Waals surface area contributed by atoms with E-state index in [1.54, 1.807) is 30.3 Å². The van der Waals surface area contributed by atoms with Gasteiger partial charge in [0.15, 0.2) is 5.75 Å². The lowest BCUT2D eigenvalue weighted by Gasteiger charge is -2.12. The van der Waals surface area contributed by atoms with Gasteiger partial charge in [-0.25, -0.2) is 13.6 Å². The monoisotopic (exact) mass is 532 g/mol. The zero-order chi connectivity index (χ0) is 23.5. The third-order valence-electron chi connectivity index (χ3n) is 4.88. The highest BCUT2D eigenvalue weighted by Gasteiger charge is 2.34. The van der Waals surface area contributed by atoms with E-state index in [0.717, 1.165) is 10.5 Å². The highest BCUT2D eigenvalue weighted by molar-refractivity contribution is 9.10. The summed E-state index contributed by atoms with van der Waals surface area (Å²) in [6, 6.07) is 14.5. The summed E-state index contributed by atoms with van der Waals surface area (Å²) in [5, 5.41) is 2.78. The van der Waals surface area contributed by atoms with Crippen molar-refractivity contribution in [3.63, 3.8) is 0 Å². The minimum atomic E-state index is -0.640. The van der Waals surface area contributed by atoms with Crippen LogP contribution in [-0.4, -0.2) is 16.8 Å². The molecule has 1 aliphatic heterocycles. The Bertz CT molecular complexity index is 1240. The lowest BCUT2D eigenvalue weighted by Crippen LogP contribution is -2.30. The number of ether oxygens (including phenoxy) is 1. The fraction of sp³-hybridized carbons (Fsp3) is 0.0833. The molecule has 1 saturated heterocycles. The topological polar surface area (TPSA) is 58.6 Å². The minimum absolute atomic E-state index is 0.0410. The number of nitrogens with one attached hydrogen (secondary N) is 1. The molecule has 1 fully saturated rings. The van der Waals surface area contributed by atoms with E-state index in [4.69, 9.17) is 16.3 Å². The largest absolute Gasteiger partial charge is 0.486 e. The van der Waals surface area contributed by atoms with E-state index in [-0.39, 0.29) is 35.3 Å². The fourth-order valence-corrected chi connectivity index (χ4v) is 4.20. The van der Waals surface area contributed by atoms with Crippen LogP contribution in [-0.2, 0) is 17.9 Å². The van der Waals surface area contributed by atoms with Crippen LogP contribution in [0.3, 0.4) is 0 Å². The second-order valence-corrected chi connectivity index (χ2v) is 8.46. The smallest absolute Gasteiger partial charge is 0.329 e. The van der Waals surface area contributed by atoms with Gasteiger partial charge in [0, 0.05) is 5.56 Å². The molecule has 3 aromatic rings. The van der Waals surface area contributed by atoms with Crippen LogP contribution in [0.1, 0.15) is 16.7 Å². The van der Waals surface area contributed by atoms with E-state index in [2.05, 4.69) is 21.2 Å². The predicted molar refractivity (Wildman–Crippen MR) is 123 cm³/mol. The fourth-order valence-electron chi connectivity index (χ4n) is 3.22. The molecule has 1 aliphatic rings. The lowest BCUT2D eigenvalue weighted by atomic mass is 10.1. The SMILES string of the molecule is O=C1N/C(=C/c2cc(Cl)c(OCc3ccc(F)cc3)c(Br)c2)C(=O)N1Cc1ccccc1F. The van der Waals surface area contributed by atoms with Gasteiger partial charge in [-0.1, -0.05) is 41.9 Å². The molecule has 0 saturated carbocycles. The first-order chi connectivity index (χ1) is 15.8. The lowest BCUT2D eigenvalue weighted by molar-refractivity contribution is -0.123. The number of urea groups is 1. The maximum absolute atomic E-state index is 13.9. The molecule has 1 N–H and O–H groups in total. The second-order valence-electron chi connectivity index (χ2n) is 7.20. The Hall–Kier alpha value is -3.23. The highest BCUT2D eigenvalue weighted by Crippen LogP contribution is 2.36. The van der Waals surface area contributed by atoms with Crippen molar-refractivity contribution in [2.24, 2.45) is 0 Å². The van der Waals surface area contributed by atoms with Gasteiger partial charge >= 0.3 is 6.03 Å². The van der Waals surface area contributed by atoms with Gasteiger partial charge in [-0.2, -0.15) is 0 Å². The van der Waals surface area contributed by atoms with Crippen LogP contribution in [0.25, 0.3) is 6.08 Å². The van der Waals surface area contributed by atoms with E-state index in [1.165, 1.54) is 36.4 Å². The van der Waals surface area contributed by atoms with E-state index < -0.39 is 17.8 Å². The summed E-state index contributed by atoms with van der Waals surface area (Å²) in [7, 11) is 0. The van der Waals surface area contributed by atoms with Gasteiger partial charge in [-0.15, -0.1) is 0 Å². The molecule has 4 rings (SSSR count). The first-order valence-corrected chi connectivity index (χ1v) is 10.9. The maximum Gasteiger partial charge on any atom is 0.329 e. The molecule has 0 atom stereocenters. The first kappa shape index (κ1) is 22.9. The number of nitrogens with zero attached hydrogens (tertiary/aromatic N) is 1. The molecule has 0 bridgehead atoms. The van der Waals surface area contributed by atoms with Crippen LogP contribution in [0.4, 0.5) is 13.6 Å². The van der Waals surface area contributed by atoms with Crippen molar-refractivity contribution in [2.45, 2.75) is 13.2 Å². The standard InChI is InChI=1S/C24H16BrClF2N2O3/c25-18-9-15(10-19(26)22(18)33-13-14-5-7-17(27)8-6-14)11-21-23(31)30(24(32)29-21)12-16-3-1-2-4-20(16)28/h1-11H,12-13H2,(H,29,32)/b21-11+. The van der Waals surface area contributed by atoms with Crippen molar-refractivity contribution < 1.29 is 23.1 Å². The van der Waals surface area contributed by atoms with E-state index >= 15 is 0 Å². The number of rotatable bonds is 6. The van der Waals surface area contributed by atoms with E-state index in [9.17, 15) is 18.4 Å². The Morgan fingerprint density at radius 2 is 1.79 bits per heavy atom. The van der Waals surface area contributed by atoms with Crippen LogP contribution in [0.15, 0.2) is 70.8 Å². The van der Waals surface area contributed by atoms with Crippen LogP contribution in [0, 0.1) is 11.6 Å². The molecule has 3 aromatic carbocycles. The molecule has 5 nitrogen and oxygen atoms in total. The zero-order valence-corrected chi connectivity index (χ0v) is 19.3. The average molecular weight is 534 g/mol. The highest BCUT2D eigenvalue weighted by atomic mass is 79.9. The minimum Gasteiger partial charge on any atom is -0.486 e. The van der Waals surface area contributed by atoms with Crippen LogP contribution < -0.4 is 10.1 Å². The number of carbonyl (C=O) groups is 2. The summed E-state index contributed by atoms with van der Waals surface area (Å²) >= 11 is 9.76. The number of amides is 3. The van der Waals surface area contributed by atoms with Gasteiger partial charge in [0.1, 0.15) is 23.9 Å². The summed E-state index contributed by atoms with van der Waals surface area (Å²) < 4.78 is 33.3. The predicted octanol–water partition coefficient (Wildman–Crippen LogP) is 6.05. The first-order valence-electron chi connectivity index (χ1n) is 9.76. The number of imide groups is 1. The molecule has 33 heavy (non-hydrogen) atoms. The number of halogens is 4. The number of benzene rings is 3. The summed E-state index contributed by atoms with van der Waals surface area (Å²) in [6.45, 7) is -0.00607. The molecule has 3 amide bonds. The molecule has 0 unspecified atom stereocenters. The third kappa shape index (κ3) is 5.23. The summed E-state index contributed by atoms with van der Waals surface area (Å²) in [4.78, 5) is 25.9. The normalized spacial score (nSPS) is 14.7. The van der Waals surface area contributed by atoms with Gasteiger partial charge in [-0.3, -0.25) is 9.69 Å². The number of carbonyl (C=O) groups excluding carboxylic acids is 2. The zero-order valence-electron chi connectivity index (χ0n) is 16.9. The van der Waals surface area contributed by atoms with Gasteiger partial charge in [0.2, 0.25) is 0 Å². The van der Waals surface area contributed by atoms with E-state index in [1.807, 2.05) is 0 Å². The van der Waals surface area contributed by atoms with Gasteiger partial charge in [-0.05, 0) is 63.5 Å². The van der Waals surface area contributed by atoms with Crippen LogP contribution in [0.2, 0.25) is 5.02 Å². The van der Waals surface area contributed by atoms with Crippen molar-refractivity contribution in [1.82, 2.24) is 10.2 Å². The molecule has 1 heterocycles. The van der Waals surface area contributed by atoms with Crippen molar-refractivity contribution in [2.75, 3.05) is 0 Å². The van der Waals surface area contributed by atoms with Gasteiger partial charge in [0.05, 0.1) is 16.0 Å². The van der Waals surface area contributed by atoms with Crippen LogP contribution >= 0.6 is 27.5 Å². The Labute approximate surface area is 201 Å². The maximum atomic E-state index is 13.9. The van der Waals surface area contributed by atoms with Gasteiger partial charge in [0.25, 0.3) is 5.91 Å². The second kappa shape index (κ2) is 9.72. The molecular weight excluding hydrogens is 518 g/mol. The Morgan fingerprint density at radius 3 is 2.48 bits per heavy atom. The van der Waals surface area contributed by atoms with Crippen LogP contribution in [0.5, 0.6) is 5.75 Å².